The summed E-state index contributed by atoms with van der Waals surface area (Å²) < 4.78 is 27.4. The molecule has 0 spiro atoms. The lowest BCUT2D eigenvalue weighted by Gasteiger charge is -2.12. The van der Waals surface area contributed by atoms with Crippen molar-refractivity contribution >= 4 is 10.0 Å². The van der Waals surface area contributed by atoms with Crippen LogP contribution in [-0.2, 0) is 23.1 Å². The first kappa shape index (κ1) is 15.7. The van der Waals surface area contributed by atoms with Crippen LogP contribution in [0.5, 0.6) is 0 Å². The third-order valence-corrected chi connectivity index (χ3v) is 4.97. The Labute approximate surface area is 126 Å². The summed E-state index contributed by atoms with van der Waals surface area (Å²) in [6, 6.07) is 12.9. The summed E-state index contributed by atoms with van der Waals surface area (Å²) in [6.45, 7) is 4.37. The summed E-state index contributed by atoms with van der Waals surface area (Å²) in [6.07, 6.45) is 0. The SMILES string of the molecule is Cc1ccc(S(=O)(=O)NCc2ccccc2CN)c(C)c1. The van der Waals surface area contributed by atoms with Crippen LogP contribution in [-0.4, -0.2) is 8.42 Å². The van der Waals surface area contributed by atoms with Crippen LogP contribution in [0.15, 0.2) is 47.4 Å². The van der Waals surface area contributed by atoms with E-state index in [1.54, 1.807) is 19.1 Å². The van der Waals surface area contributed by atoms with Crippen molar-refractivity contribution in [2.24, 2.45) is 5.73 Å². The molecule has 0 aromatic heterocycles. The summed E-state index contributed by atoms with van der Waals surface area (Å²) in [5, 5.41) is 0. The van der Waals surface area contributed by atoms with E-state index in [1.807, 2.05) is 37.3 Å². The molecular formula is C16H20N2O2S. The van der Waals surface area contributed by atoms with E-state index in [0.717, 1.165) is 22.3 Å². The van der Waals surface area contributed by atoms with Crippen LogP contribution in [0.25, 0.3) is 0 Å². The zero-order valence-corrected chi connectivity index (χ0v) is 13.1. The molecule has 2 rings (SSSR count). The fourth-order valence-corrected chi connectivity index (χ4v) is 3.51. The van der Waals surface area contributed by atoms with Crippen LogP contribution < -0.4 is 10.5 Å². The van der Waals surface area contributed by atoms with Gasteiger partial charge in [0, 0.05) is 13.1 Å². The van der Waals surface area contributed by atoms with Gasteiger partial charge in [-0.05, 0) is 36.6 Å². The Morgan fingerprint density at radius 3 is 2.33 bits per heavy atom. The normalized spacial score (nSPS) is 11.6. The molecule has 0 amide bonds. The van der Waals surface area contributed by atoms with E-state index in [4.69, 9.17) is 5.73 Å². The zero-order valence-electron chi connectivity index (χ0n) is 12.3. The van der Waals surface area contributed by atoms with Crippen molar-refractivity contribution in [3.8, 4) is 0 Å². The van der Waals surface area contributed by atoms with Crippen LogP contribution in [0.1, 0.15) is 22.3 Å². The Balaban J connectivity index is 2.22. The molecule has 2 aromatic rings. The zero-order chi connectivity index (χ0) is 15.5. The molecule has 2 aromatic carbocycles. The summed E-state index contributed by atoms with van der Waals surface area (Å²) in [5.41, 5.74) is 9.29. The Kier molecular flexibility index (Phi) is 4.77. The molecule has 0 saturated carbocycles. The van der Waals surface area contributed by atoms with Gasteiger partial charge in [-0.1, -0.05) is 42.0 Å². The lowest BCUT2D eigenvalue weighted by atomic mass is 10.1. The molecule has 0 heterocycles. The summed E-state index contributed by atoms with van der Waals surface area (Å²) in [4.78, 5) is 0.318. The van der Waals surface area contributed by atoms with Gasteiger partial charge in [-0.2, -0.15) is 0 Å². The second-order valence-electron chi connectivity index (χ2n) is 5.07. The van der Waals surface area contributed by atoms with Crippen molar-refractivity contribution < 1.29 is 8.42 Å². The van der Waals surface area contributed by atoms with E-state index in [1.165, 1.54) is 0 Å². The van der Waals surface area contributed by atoms with E-state index in [-0.39, 0.29) is 6.54 Å². The maximum absolute atomic E-state index is 12.4. The average molecular weight is 304 g/mol. The van der Waals surface area contributed by atoms with Crippen molar-refractivity contribution in [1.82, 2.24) is 4.72 Å². The standard InChI is InChI=1S/C16H20N2O2S/c1-12-7-8-16(13(2)9-12)21(19,20)18-11-15-6-4-3-5-14(15)10-17/h3-9,18H,10-11,17H2,1-2H3. The third kappa shape index (κ3) is 3.69. The molecule has 0 fully saturated rings. The van der Waals surface area contributed by atoms with Gasteiger partial charge in [0.2, 0.25) is 10.0 Å². The maximum Gasteiger partial charge on any atom is 0.241 e. The van der Waals surface area contributed by atoms with E-state index < -0.39 is 10.0 Å². The third-order valence-electron chi connectivity index (χ3n) is 3.41. The number of nitrogens with one attached hydrogen (secondary N) is 1. The summed E-state index contributed by atoms with van der Waals surface area (Å²) in [7, 11) is -3.52. The van der Waals surface area contributed by atoms with Gasteiger partial charge in [-0.15, -0.1) is 0 Å². The highest BCUT2D eigenvalue weighted by Gasteiger charge is 2.16. The summed E-state index contributed by atoms with van der Waals surface area (Å²) >= 11 is 0. The highest BCUT2D eigenvalue weighted by Crippen LogP contribution is 2.17. The number of hydrogen-bond donors (Lipinski definition) is 2. The van der Waals surface area contributed by atoms with E-state index in [0.29, 0.717) is 11.4 Å². The molecule has 4 nitrogen and oxygen atoms in total. The number of rotatable bonds is 5. The topological polar surface area (TPSA) is 72.2 Å². The first-order valence-electron chi connectivity index (χ1n) is 6.78. The minimum absolute atomic E-state index is 0.239. The lowest BCUT2D eigenvalue weighted by molar-refractivity contribution is 0.580. The van der Waals surface area contributed by atoms with Gasteiger partial charge in [0.25, 0.3) is 0 Å². The van der Waals surface area contributed by atoms with E-state index in [2.05, 4.69) is 4.72 Å². The molecule has 0 bridgehead atoms. The molecule has 21 heavy (non-hydrogen) atoms. The van der Waals surface area contributed by atoms with Gasteiger partial charge >= 0.3 is 0 Å². The molecule has 112 valence electrons. The predicted molar refractivity (Wildman–Crippen MR) is 84.3 cm³/mol. The predicted octanol–water partition coefficient (Wildman–Crippen LogP) is 2.24. The van der Waals surface area contributed by atoms with Crippen LogP contribution in [0.2, 0.25) is 0 Å². The van der Waals surface area contributed by atoms with Crippen LogP contribution in [0, 0.1) is 13.8 Å². The smallest absolute Gasteiger partial charge is 0.241 e. The van der Waals surface area contributed by atoms with Gasteiger partial charge in [-0.3, -0.25) is 0 Å². The molecule has 5 heteroatoms. The van der Waals surface area contributed by atoms with Crippen molar-refractivity contribution in [2.75, 3.05) is 0 Å². The number of benzene rings is 2. The van der Waals surface area contributed by atoms with Gasteiger partial charge < -0.3 is 5.73 Å². The molecular weight excluding hydrogens is 284 g/mol. The quantitative estimate of drug-likeness (QED) is 0.890. The lowest BCUT2D eigenvalue weighted by Crippen LogP contribution is -2.24. The monoisotopic (exact) mass is 304 g/mol. The van der Waals surface area contributed by atoms with Crippen LogP contribution in [0.4, 0.5) is 0 Å². The molecule has 0 radical (unpaired) electrons. The highest BCUT2D eigenvalue weighted by molar-refractivity contribution is 7.89. The minimum Gasteiger partial charge on any atom is -0.326 e. The second-order valence-corrected chi connectivity index (χ2v) is 6.80. The van der Waals surface area contributed by atoms with E-state index >= 15 is 0 Å². The van der Waals surface area contributed by atoms with Gasteiger partial charge in [0.1, 0.15) is 0 Å². The van der Waals surface area contributed by atoms with Crippen molar-refractivity contribution in [1.29, 1.82) is 0 Å². The fourth-order valence-electron chi connectivity index (χ4n) is 2.28. The van der Waals surface area contributed by atoms with Crippen LogP contribution in [0.3, 0.4) is 0 Å². The highest BCUT2D eigenvalue weighted by atomic mass is 32.2. The largest absolute Gasteiger partial charge is 0.326 e. The molecule has 0 aliphatic heterocycles. The molecule has 0 unspecified atom stereocenters. The fraction of sp³-hybridized carbons (Fsp3) is 0.250. The molecule has 0 saturated heterocycles. The molecule has 0 aliphatic rings. The first-order valence-corrected chi connectivity index (χ1v) is 8.26. The summed E-state index contributed by atoms with van der Waals surface area (Å²) in [5.74, 6) is 0. The Morgan fingerprint density at radius 2 is 1.71 bits per heavy atom. The average Bonchev–Trinajstić information content (AvgIpc) is 2.45. The van der Waals surface area contributed by atoms with Gasteiger partial charge in [0.15, 0.2) is 0 Å². The Bertz CT molecular complexity index is 740. The maximum atomic E-state index is 12.4. The van der Waals surface area contributed by atoms with Gasteiger partial charge in [0.05, 0.1) is 4.90 Å². The van der Waals surface area contributed by atoms with E-state index in [9.17, 15) is 8.42 Å². The Morgan fingerprint density at radius 1 is 1.05 bits per heavy atom. The van der Waals surface area contributed by atoms with Crippen molar-refractivity contribution in [3.05, 3.63) is 64.7 Å². The minimum atomic E-state index is -3.52. The molecule has 0 atom stereocenters. The number of hydrogen-bond acceptors (Lipinski definition) is 3. The van der Waals surface area contributed by atoms with Crippen LogP contribution >= 0.6 is 0 Å². The second kappa shape index (κ2) is 6.39. The number of aryl methyl sites for hydroxylation is 2. The molecule has 3 N–H and O–H groups in total. The number of sulfonamides is 1. The number of nitrogens with two attached hydrogens (primary N) is 1. The Hall–Kier alpha value is -1.69. The van der Waals surface area contributed by atoms with Crippen molar-refractivity contribution in [3.63, 3.8) is 0 Å². The van der Waals surface area contributed by atoms with Gasteiger partial charge in [-0.25, -0.2) is 13.1 Å². The van der Waals surface area contributed by atoms with Crippen molar-refractivity contribution in [2.45, 2.75) is 31.8 Å². The molecule has 0 aliphatic carbocycles. The first-order chi connectivity index (χ1) is 9.94.